The molecular weight excluding hydrogens is 565 g/mol. The van der Waals surface area contributed by atoms with Crippen molar-refractivity contribution >= 4 is 53.2 Å². The first kappa shape index (κ1) is 44.8. The average Bonchev–Trinajstić information content (AvgIpc) is 3.58. The molecule has 0 bridgehead atoms. The molecule has 0 radical (unpaired) electrons. The third-order valence-corrected chi connectivity index (χ3v) is 5.54. The first-order chi connectivity index (χ1) is 17.9. The van der Waals surface area contributed by atoms with Gasteiger partial charge in [-0.05, 0) is 78.8 Å². The van der Waals surface area contributed by atoms with Crippen LogP contribution in [0.3, 0.4) is 0 Å². The quantitative estimate of drug-likeness (QED) is 0.214. The van der Waals surface area contributed by atoms with Gasteiger partial charge in [0.15, 0.2) is 5.13 Å². The topological polar surface area (TPSA) is 171 Å². The number of nitrogens with two attached hydrogens (primary N) is 3. The zero-order valence-electron chi connectivity index (χ0n) is 24.2. The Bertz CT molecular complexity index is 594. The summed E-state index contributed by atoms with van der Waals surface area (Å²) in [4.78, 5) is 26.9. The van der Waals surface area contributed by atoms with Crippen LogP contribution in [0.1, 0.15) is 58.3 Å². The molecule has 1 aromatic heterocycles. The normalized spacial score (nSPS) is 13.8. The van der Waals surface area contributed by atoms with E-state index in [1.807, 2.05) is 5.38 Å². The highest BCUT2D eigenvalue weighted by molar-refractivity contribution is 7.13. The number of carbonyl (C=O) groups excluding carboxylic acids is 2. The van der Waals surface area contributed by atoms with E-state index in [1.165, 1.54) is 70.4 Å². The second kappa shape index (κ2) is 36.8. The predicted molar refractivity (Wildman–Crippen MR) is 168 cm³/mol. The SMILES string of the molecule is C1CCNC1.CCOC(=O)CCN.CN1CCCNCC1.COC(=O)CCCCCN.Cl.Cl.Nc1nccs1. The van der Waals surface area contributed by atoms with Gasteiger partial charge >= 0.3 is 11.9 Å². The van der Waals surface area contributed by atoms with Crippen LogP contribution in [-0.2, 0) is 19.1 Å². The number of unbranched alkanes of at least 4 members (excludes halogenated alkanes) is 2. The lowest BCUT2D eigenvalue weighted by molar-refractivity contribution is -0.143. The van der Waals surface area contributed by atoms with Gasteiger partial charge in [-0.25, -0.2) is 4.98 Å². The van der Waals surface area contributed by atoms with E-state index in [1.54, 1.807) is 13.1 Å². The zero-order valence-corrected chi connectivity index (χ0v) is 26.6. The van der Waals surface area contributed by atoms with Gasteiger partial charge in [-0.1, -0.05) is 6.42 Å². The van der Waals surface area contributed by atoms with E-state index in [0.717, 1.165) is 25.8 Å². The number of nitrogens with one attached hydrogen (secondary N) is 2. The minimum atomic E-state index is -0.213. The van der Waals surface area contributed by atoms with Gasteiger partial charge in [-0.2, -0.15) is 0 Å². The lowest BCUT2D eigenvalue weighted by Crippen LogP contribution is -2.23. The third-order valence-electron chi connectivity index (χ3n) is 4.94. The Morgan fingerprint density at radius 2 is 1.59 bits per heavy atom. The summed E-state index contributed by atoms with van der Waals surface area (Å²) < 4.78 is 9.02. The number of esters is 2. The zero-order chi connectivity index (χ0) is 28.0. The fourth-order valence-electron chi connectivity index (χ4n) is 2.88. The molecule has 0 spiro atoms. The monoisotopic (exact) mass is 619 g/mol. The van der Waals surface area contributed by atoms with Crippen molar-refractivity contribution in [1.29, 1.82) is 0 Å². The molecule has 3 heterocycles. The van der Waals surface area contributed by atoms with Gasteiger partial charge in [-0.3, -0.25) is 9.59 Å². The molecule has 234 valence electrons. The van der Waals surface area contributed by atoms with Crippen LogP contribution in [0.5, 0.6) is 0 Å². The Balaban J connectivity index is -0.000000197. The van der Waals surface area contributed by atoms with E-state index in [4.69, 9.17) is 17.2 Å². The number of hydrogen-bond acceptors (Lipinski definition) is 12. The Labute approximate surface area is 252 Å². The molecule has 2 aliphatic heterocycles. The van der Waals surface area contributed by atoms with E-state index in [-0.39, 0.29) is 36.8 Å². The van der Waals surface area contributed by atoms with Crippen molar-refractivity contribution in [2.24, 2.45) is 11.5 Å². The molecule has 0 aromatic carbocycles. The smallest absolute Gasteiger partial charge is 0.307 e. The highest BCUT2D eigenvalue weighted by Gasteiger charge is 2.00. The summed E-state index contributed by atoms with van der Waals surface area (Å²) in [7, 11) is 3.58. The molecule has 8 N–H and O–H groups in total. The number of anilines is 1. The van der Waals surface area contributed by atoms with Gasteiger partial charge in [0.05, 0.1) is 20.1 Å². The number of thiazole rings is 1. The molecule has 11 nitrogen and oxygen atoms in total. The highest BCUT2D eigenvalue weighted by atomic mass is 35.5. The number of carbonyl (C=O) groups is 2. The van der Waals surface area contributed by atoms with Crippen molar-refractivity contribution in [2.45, 2.75) is 58.3 Å². The van der Waals surface area contributed by atoms with Crippen molar-refractivity contribution < 1.29 is 19.1 Å². The predicted octanol–water partition coefficient (Wildman–Crippen LogP) is 2.43. The third kappa shape index (κ3) is 39.0. The van der Waals surface area contributed by atoms with Gasteiger partial charge in [0.25, 0.3) is 0 Å². The van der Waals surface area contributed by atoms with Gasteiger partial charge in [-0.15, -0.1) is 36.2 Å². The minimum Gasteiger partial charge on any atom is -0.469 e. The highest BCUT2D eigenvalue weighted by Crippen LogP contribution is 2.02. The van der Waals surface area contributed by atoms with E-state index >= 15 is 0 Å². The summed E-state index contributed by atoms with van der Waals surface area (Å²) in [6.45, 7) is 10.6. The fraction of sp³-hybridized carbons (Fsp3) is 0.800. The van der Waals surface area contributed by atoms with Crippen molar-refractivity contribution in [1.82, 2.24) is 20.5 Å². The van der Waals surface area contributed by atoms with Crippen molar-refractivity contribution in [3.8, 4) is 0 Å². The lowest BCUT2D eigenvalue weighted by atomic mass is 10.2. The van der Waals surface area contributed by atoms with Crippen LogP contribution in [0.4, 0.5) is 5.13 Å². The van der Waals surface area contributed by atoms with Crippen molar-refractivity contribution in [2.75, 3.05) is 78.9 Å². The van der Waals surface area contributed by atoms with Crippen molar-refractivity contribution in [3.05, 3.63) is 11.6 Å². The second-order valence-electron chi connectivity index (χ2n) is 8.25. The molecule has 2 fully saturated rings. The van der Waals surface area contributed by atoms with Crippen LogP contribution >= 0.6 is 36.2 Å². The summed E-state index contributed by atoms with van der Waals surface area (Å²) in [5, 5.41) is 9.04. The average molecular weight is 621 g/mol. The number of ether oxygens (including phenoxy) is 2. The first-order valence-corrected chi connectivity index (χ1v) is 14.2. The number of nitrogen functional groups attached to an aromatic ring is 1. The molecule has 0 unspecified atom stereocenters. The van der Waals surface area contributed by atoms with Crippen molar-refractivity contribution in [3.63, 3.8) is 0 Å². The maximum absolute atomic E-state index is 10.5. The molecule has 0 saturated carbocycles. The molecule has 0 aliphatic carbocycles. The molecule has 2 aliphatic rings. The number of likely N-dealkylation sites (N-methyl/N-ethyl adjacent to an activating group) is 1. The molecule has 14 heteroatoms. The summed E-state index contributed by atoms with van der Waals surface area (Å²) in [5.74, 6) is -0.341. The van der Waals surface area contributed by atoms with E-state index in [9.17, 15) is 9.59 Å². The Morgan fingerprint density at radius 1 is 0.949 bits per heavy atom. The lowest BCUT2D eigenvalue weighted by Gasteiger charge is -2.09. The summed E-state index contributed by atoms with van der Waals surface area (Å²) in [6.07, 6.45) is 9.52. The minimum absolute atomic E-state index is 0. The number of rotatable bonds is 8. The Kier molecular flexibility index (Phi) is 42.2. The van der Waals surface area contributed by atoms with E-state index < -0.39 is 0 Å². The Morgan fingerprint density at radius 3 is 2.03 bits per heavy atom. The fourth-order valence-corrected chi connectivity index (χ4v) is 3.27. The van der Waals surface area contributed by atoms with Crippen LogP contribution in [0.15, 0.2) is 11.6 Å². The molecule has 0 amide bonds. The molecule has 1 aromatic rings. The van der Waals surface area contributed by atoms with Gasteiger partial charge < -0.3 is 42.2 Å². The summed E-state index contributed by atoms with van der Waals surface area (Å²) >= 11 is 1.44. The first-order valence-electron chi connectivity index (χ1n) is 13.3. The number of methoxy groups -OCH3 is 1. The molecule has 2 saturated heterocycles. The second-order valence-corrected chi connectivity index (χ2v) is 9.18. The number of halogens is 2. The molecule has 0 atom stereocenters. The standard InChI is InChI=1S/C7H15NO2.C6H14N2.C5H11NO2.C4H9N.C3H4N2S.2ClH/c1-10-7(9)5-3-2-4-6-8;1-8-5-2-3-7-4-6-8;1-2-8-5(7)3-4-6;1-2-4-5-3-1;4-3-5-1-2-6-3;;/h2-6,8H2,1H3;7H,2-6H2,1H3;2-4,6H2,1H3;5H,1-4H2;1-2H,(H2,4,5);2*1H. The molecule has 39 heavy (non-hydrogen) atoms. The van der Waals surface area contributed by atoms with Crippen LogP contribution in [0.2, 0.25) is 0 Å². The molecular formula is C25H55Cl2N7O4S. The van der Waals surface area contributed by atoms with E-state index in [2.05, 4.69) is 37.0 Å². The van der Waals surface area contributed by atoms with Crippen LogP contribution in [0.25, 0.3) is 0 Å². The summed E-state index contributed by atoms with van der Waals surface area (Å²) in [5.41, 5.74) is 15.5. The molecule has 3 rings (SSSR count). The maximum Gasteiger partial charge on any atom is 0.307 e. The van der Waals surface area contributed by atoms with Crippen LogP contribution < -0.4 is 27.8 Å². The number of nitrogens with zero attached hydrogens (tertiary/aromatic N) is 2. The number of hydrogen-bond donors (Lipinski definition) is 5. The van der Waals surface area contributed by atoms with Crippen LogP contribution in [0, 0.1) is 0 Å². The van der Waals surface area contributed by atoms with Gasteiger partial charge in [0.2, 0.25) is 0 Å². The number of aromatic nitrogens is 1. The van der Waals surface area contributed by atoms with Gasteiger partial charge in [0.1, 0.15) is 0 Å². The summed E-state index contributed by atoms with van der Waals surface area (Å²) in [6, 6.07) is 0. The maximum atomic E-state index is 10.5. The Hall–Kier alpha value is -1.25. The van der Waals surface area contributed by atoms with E-state index in [0.29, 0.717) is 37.7 Å². The van der Waals surface area contributed by atoms with Crippen LogP contribution in [-0.4, -0.2) is 94.9 Å². The largest absolute Gasteiger partial charge is 0.469 e. The van der Waals surface area contributed by atoms with Gasteiger partial charge in [0, 0.05) is 37.6 Å².